The van der Waals surface area contributed by atoms with Crippen LogP contribution >= 0.6 is 11.3 Å². The molecule has 5 heteroatoms. The van der Waals surface area contributed by atoms with Gasteiger partial charge in [-0.25, -0.2) is 9.98 Å². The van der Waals surface area contributed by atoms with Crippen molar-refractivity contribution in [3.05, 3.63) is 216 Å². The number of nitrogens with zero attached hydrogens (tertiary/aromatic N) is 4. The third-order valence-corrected chi connectivity index (χ3v) is 12.1. The van der Waals surface area contributed by atoms with Gasteiger partial charge in [-0.05, 0) is 89.5 Å². The summed E-state index contributed by atoms with van der Waals surface area (Å²) in [4.78, 5) is 14.8. The van der Waals surface area contributed by atoms with Gasteiger partial charge in [0.25, 0.3) is 0 Å². The molecule has 2 heterocycles. The molecule has 2 aromatic heterocycles. The Balaban J connectivity index is 1.10. The van der Waals surface area contributed by atoms with Crippen LogP contribution in [0.2, 0.25) is 0 Å². The van der Waals surface area contributed by atoms with Crippen molar-refractivity contribution in [2.75, 3.05) is 0 Å². The standard InChI is InChI=1S/C53H38N4S/c1-54-52(39-18-7-3-8-19-39)56-53(55-35-36-16-5-2-6-17-36)47-34-41(33-46-44-24-12-14-27-50(44)58-51(46)47)38-30-28-37(29-31-38)40-20-15-26-49-45(32-40)43-23-11-13-25-48(43)57(49)42-21-9-4-10-22-42/h2-19,21-34H,1,20,35H2. The van der Waals surface area contributed by atoms with E-state index >= 15 is 0 Å². The third-order valence-electron chi connectivity index (χ3n) is 10.9. The van der Waals surface area contributed by atoms with E-state index in [1.165, 1.54) is 48.8 Å². The molecule has 0 saturated carbocycles. The van der Waals surface area contributed by atoms with Crippen LogP contribution < -0.4 is 0 Å². The number of hydrogen-bond donors (Lipinski definition) is 0. The Morgan fingerprint density at radius 3 is 2.07 bits per heavy atom. The largest absolute Gasteiger partial charge is 0.309 e. The van der Waals surface area contributed by atoms with E-state index in [9.17, 15) is 0 Å². The van der Waals surface area contributed by atoms with Crippen molar-refractivity contribution in [3.63, 3.8) is 0 Å². The lowest BCUT2D eigenvalue weighted by atomic mass is 9.95. The molecule has 10 rings (SSSR count). The monoisotopic (exact) mass is 762 g/mol. The summed E-state index contributed by atoms with van der Waals surface area (Å²) >= 11 is 1.78. The zero-order valence-corrected chi connectivity index (χ0v) is 32.6. The Labute approximate surface area is 341 Å². The molecule has 0 fully saturated rings. The van der Waals surface area contributed by atoms with Gasteiger partial charge in [0.05, 0.1) is 17.8 Å². The fourth-order valence-electron chi connectivity index (χ4n) is 8.03. The Morgan fingerprint density at radius 1 is 0.621 bits per heavy atom. The lowest BCUT2D eigenvalue weighted by Gasteiger charge is -2.11. The van der Waals surface area contributed by atoms with E-state index in [0.717, 1.165) is 44.6 Å². The van der Waals surface area contributed by atoms with Crippen molar-refractivity contribution in [3.8, 4) is 16.8 Å². The minimum atomic E-state index is 0.486. The molecule has 0 amide bonds. The molecule has 0 radical (unpaired) electrons. The van der Waals surface area contributed by atoms with Crippen LogP contribution in [0.3, 0.4) is 0 Å². The van der Waals surface area contributed by atoms with Crippen LogP contribution in [0, 0.1) is 0 Å². The lowest BCUT2D eigenvalue weighted by molar-refractivity contribution is 1.06. The second-order valence-corrected chi connectivity index (χ2v) is 15.5. The number of para-hydroxylation sites is 2. The molecule has 0 unspecified atom stereocenters. The number of amidine groups is 2. The number of aromatic nitrogens is 1. The summed E-state index contributed by atoms with van der Waals surface area (Å²) in [6, 6.07) is 61.9. The summed E-state index contributed by atoms with van der Waals surface area (Å²) in [5, 5.41) is 3.66. The van der Waals surface area contributed by atoms with Gasteiger partial charge in [0.15, 0.2) is 11.7 Å². The number of hydrogen-bond acceptors (Lipinski definition) is 2. The molecular weight excluding hydrogens is 725 g/mol. The highest BCUT2D eigenvalue weighted by atomic mass is 32.1. The maximum Gasteiger partial charge on any atom is 0.161 e. The molecule has 9 aromatic rings. The fourth-order valence-corrected chi connectivity index (χ4v) is 9.23. The minimum Gasteiger partial charge on any atom is -0.309 e. The molecule has 0 aliphatic heterocycles. The van der Waals surface area contributed by atoms with Crippen molar-refractivity contribution < 1.29 is 0 Å². The SMILES string of the molecule is C=NC(=NC(=NCc1ccccc1)c1cc(-c2ccc(C3=Cc4c(n(-c5ccccc5)c5ccccc45)C=CC3)cc2)cc2c1sc1ccccc12)c1ccccc1. The first kappa shape index (κ1) is 35.2. The van der Waals surface area contributed by atoms with E-state index in [1.807, 2.05) is 48.5 Å². The van der Waals surface area contributed by atoms with Crippen LogP contribution in [0.5, 0.6) is 0 Å². The van der Waals surface area contributed by atoms with Crippen molar-refractivity contribution >= 4 is 78.5 Å². The average Bonchev–Trinajstić information content (AvgIpc) is 3.73. The van der Waals surface area contributed by atoms with Crippen LogP contribution in [-0.4, -0.2) is 23.0 Å². The number of benzene rings is 7. The number of aliphatic imine (C=N–C) groups is 3. The van der Waals surface area contributed by atoms with Crippen LogP contribution in [0.15, 0.2) is 197 Å². The molecule has 7 aromatic carbocycles. The molecule has 276 valence electrons. The van der Waals surface area contributed by atoms with E-state index < -0.39 is 0 Å². The minimum absolute atomic E-state index is 0.486. The van der Waals surface area contributed by atoms with Crippen molar-refractivity contribution in [2.45, 2.75) is 13.0 Å². The first-order chi connectivity index (χ1) is 28.7. The quantitative estimate of drug-likeness (QED) is 0.115. The maximum atomic E-state index is 5.21. The van der Waals surface area contributed by atoms with E-state index in [0.29, 0.717) is 18.2 Å². The highest BCUT2D eigenvalue weighted by Crippen LogP contribution is 2.41. The Bertz CT molecular complexity index is 3090. The van der Waals surface area contributed by atoms with Gasteiger partial charge in [-0.15, -0.1) is 11.3 Å². The van der Waals surface area contributed by atoms with Gasteiger partial charge in [-0.3, -0.25) is 4.99 Å². The highest BCUT2D eigenvalue weighted by molar-refractivity contribution is 7.26. The molecule has 0 saturated heterocycles. The predicted molar refractivity (Wildman–Crippen MR) is 249 cm³/mol. The first-order valence-electron chi connectivity index (χ1n) is 19.5. The number of rotatable bonds is 7. The molecule has 0 spiro atoms. The van der Waals surface area contributed by atoms with Crippen LogP contribution in [0.1, 0.15) is 39.9 Å². The average molecular weight is 763 g/mol. The zero-order valence-electron chi connectivity index (χ0n) is 31.8. The molecule has 0 bridgehead atoms. The van der Waals surface area contributed by atoms with Crippen LogP contribution in [0.25, 0.3) is 65.6 Å². The van der Waals surface area contributed by atoms with Gasteiger partial charge in [0.2, 0.25) is 0 Å². The molecule has 0 atom stereocenters. The summed E-state index contributed by atoms with van der Waals surface area (Å²) < 4.78 is 4.75. The molecule has 58 heavy (non-hydrogen) atoms. The summed E-state index contributed by atoms with van der Waals surface area (Å²) in [7, 11) is 0. The summed E-state index contributed by atoms with van der Waals surface area (Å²) in [5.74, 6) is 1.17. The highest BCUT2D eigenvalue weighted by Gasteiger charge is 2.20. The van der Waals surface area contributed by atoms with Gasteiger partial charge < -0.3 is 4.57 Å². The predicted octanol–water partition coefficient (Wildman–Crippen LogP) is 13.7. The van der Waals surface area contributed by atoms with Crippen molar-refractivity contribution in [1.82, 2.24) is 4.57 Å². The molecule has 1 aliphatic carbocycles. The Kier molecular flexibility index (Phi) is 9.34. The second kappa shape index (κ2) is 15.4. The number of allylic oxidation sites excluding steroid dienone is 2. The summed E-state index contributed by atoms with van der Waals surface area (Å²) in [5.41, 5.74) is 12.5. The zero-order chi connectivity index (χ0) is 38.8. The lowest BCUT2D eigenvalue weighted by Crippen LogP contribution is -2.06. The van der Waals surface area contributed by atoms with Gasteiger partial charge in [0, 0.05) is 47.9 Å². The topological polar surface area (TPSA) is 42.0 Å². The van der Waals surface area contributed by atoms with E-state index in [2.05, 4.69) is 162 Å². The molecule has 4 nitrogen and oxygen atoms in total. The van der Waals surface area contributed by atoms with E-state index in [4.69, 9.17) is 9.98 Å². The Morgan fingerprint density at radius 2 is 1.29 bits per heavy atom. The summed E-state index contributed by atoms with van der Waals surface area (Å²) in [6.45, 7) is 4.40. The van der Waals surface area contributed by atoms with Crippen LogP contribution in [-0.2, 0) is 6.54 Å². The number of fused-ring (bicyclic) bond motifs is 6. The van der Waals surface area contributed by atoms with Crippen LogP contribution in [0.4, 0.5) is 0 Å². The maximum absolute atomic E-state index is 5.21. The van der Waals surface area contributed by atoms with E-state index in [-0.39, 0.29) is 0 Å². The molecular formula is C53H38N4S. The van der Waals surface area contributed by atoms with E-state index in [1.54, 1.807) is 11.3 Å². The molecule has 0 N–H and O–H groups in total. The second-order valence-electron chi connectivity index (χ2n) is 14.4. The Hall–Kier alpha value is -7.21. The first-order valence-corrected chi connectivity index (χ1v) is 20.3. The van der Waals surface area contributed by atoms with Gasteiger partial charge in [-0.2, -0.15) is 0 Å². The third kappa shape index (κ3) is 6.61. The molecule has 1 aliphatic rings. The van der Waals surface area contributed by atoms with Gasteiger partial charge >= 0.3 is 0 Å². The summed E-state index contributed by atoms with van der Waals surface area (Å²) in [6.07, 6.45) is 7.81. The normalized spacial score (nSPS) is 13.1. The van der Waals surface area contributed by atoms with Crippen molar-refractivity contribution in [2.24, 2.45) is 15.0 Å². The fraction of sp³-hybridized carbons (Fsp3) is 0.0377. The van der Waals surface area contributed by atoms with Crippen molar-refractivity contribution in [1.29, 1.82) is 0 Å². The van der Waals surface area contributed by atoms with Gasteiger partial charge in [0.1, 0.15) is 0 Å². The smallest absolute Gasteiger partial charge is 0.161 e. The van der Waals surface area contributed by atoms with Gasteiger partial charge in [-0.1, -0.05) is 146 Å². The number of thiophene rings is 1.